The van der Waals surface area contributed by atoms with E-state index in [0.717, 1.165) is 11.4 Å². The summed E-state index contributed by atoms with van der Waals surface area (Å²) in [6.45, 7) is 2.88. The summed E-state index contributed by atoms with van der Waals surface area (Å²) in [5.74, 6) is 0.375. The van der Waals surface area contributed by atoms with Gasteiger partial charge >= 0.3 is 5.69 Å². The first-order valence-electron chi connectivity index (χ1n) is 10.4. The summed E-state index contributed by atoms with van der Waals surface area (Å²) < 4.78 is 5.52. The van der Waals surface area contributed by atoms with E-state index in [-0.39, 0.29) is 17.5 Å². The van der Waals surface area contributed by atoms with E-state index < -0.39 is 4.92 Å². The molecule has 0 atom stereocenters. The maximum atomic E-state index is 11.0. The van der Waals surface area contributed by atoms with Gasteiger partial charge < -0.3 is 26.4 Å². The number of nitrogens with one attached hydrogen (secondary N) is 1. The number of aromatic nitrogens is 3. The smallest absolute Gasteiger partial charge is 0.311 e. The number of benzene rings is 1. The molecule has 1 aliphatic rings. The number of nitro groups is 1. The number of morpholine rings is 1. The zero-order chi connectivity index (χ0) is 24.2. The quantitative estimate of drug-likeness (QED) is 0.321. The van der Waals surface area contributed by atoms with E-state index in [2.05, 4.69) is 25.2 Å². The second kappa shape index (κ2) is 10.2. The first-order chi connectivity index (χ1) is 16.3. The topological polar surface area (TPSA) is 158 Å². The largest absolute Gasteiger partial charge is 0.378 e. The van der Waals surface area contributed by atoms with Gasteiger partial charge in [0, 0.05) is 42.7 Å². The molecule has 4 rings (SSSR count). The van der Waals surface area contributed by atoms with Gasteiger partial charge in [0.15, 0.2) is 0 Å². The molecule has 0 radical (unpaired) electrons. The number of hydrogen-bond donors (Lipinski definition) is 3. The lowest BCUT2D eigenvalue weighted by molar-refractivity contribution is -0.384. The lowest BCUT2D eigenvalue weighted by Gasteiger charge is -2.32. The average Bonchev–Trinajstić information content (AvgIpc) is 2.79. The molecule has 1 saturated heterocycles. The fraction of sp³-hybridized carbons (Fsp3) is 0.286. The van der Waals surface area contributed by atoms with E-state index in [1.807, 2.05) is 6.07 Å². The SMILES string of the molecule is Nc1nc(CCNc2ccc([N+](=O)[O-])c(N)n2)c(N2CCOCC2)c(-c2ccc(Cl)cc2Cl)n1. The van der Waals surface area contributed by atoms with Gasteiger partial charge in [-0.05, 0) is 24.3 Å². The highest BCUT2D eigenvalue weighted by atomic mass is 35.5. The third-order valence-corrected chi connectivity index (χ3v) is 5.80. The molecule has 1 fully saturated rings. The average molecular weight is 505 g/mol. The highest BCUT2D eigenvalue weighted by molar-refractivity contribution is 6.36. The molecule has 0 saturated carbocycles. The number of rotatable bonds is 7. The van der Waals surface area contributed by atoms with Gasteiger partial charge in [-0.1, -0.05) is 23.2 Å². The van der Waals surface area contributed by atoms with Gasteiger partial charge in [0.2, 0.25) is 11.8 Å². The van der Waals surface area contributed by atoms with Crippen LogP contribution in [-0.4, -0.2) is 52.7 Å². The second-order valence-electron chi connectivity index (χ2n) is 7.48. The molecule has 1 aliphatic heterocycles. The Balaban J connectivity index is 1.65. The number of nitrogen functional groups attached to an aromatic ring is 2. The molecule has 0 spiro atoms. The van der Waals surface area contributed by atoms with Crippen LogP contribution in [0.25, 0.3) is 11.3 Å². The fourth-order valence-electron chi connectivity index (χ4n) is 3.71. The number of pyridine rings is 1. The molecule has 0 amide bonds. The molecule has 11 nitrogen and oxygen atoms in total. The molecular weight excluding hydrogens is 483 g/mol. The Hall–Kier alpha value is -3.41. The molecular formula is C21H22Cl2N8O3. The summed E-state index contributed by atoms with van der Waals surface area (Å²) in [4.78, 5) is 25.6. The Morgan fingerprint density at radius 1 is 1.12 bits per heavy atom. The number of anilines is 4. The van der Waals surface area contributed by atoms with Gasteiger partial charge in [0.25, 0.3) is 0 Å². The molecule has 34 heavy (non-hydrogen) atoms. The number of halogens is 2. The third kappa shape index (κ3) is 5.22. The van der Waals surface area contributed by atoms with Crippen molar-refractivity contribution in [3.05, 3.63) is 56.2 Å². The molecule has 3 heterocycles. The van der Waals surface area contributed by atoms with Crippen LogP contribution >= 0.6 is 23.2 Å². The summed E-state index contributed by atoms with van der Waals surface area (Å²) in [5, 5.41) is 15.0. The van der Waals surface area contributed by atoms with Crippen molar-refractivity contribution in [2.75, 3.05) is 54.5 Å². The summed E-state index contributed by atoms with van der Waals surface area (Å²) in [5.41, 5.74) is 14.4. The van der Waals surface area contributed by atoms with E-state index in [1.54, 1.807) is 12.1 Å². The van der Waals surface area contributed by atoms with Crippen molar-refractivity contribution in [2.24, 2.45) is 0 Å². The maximum absolute atomic E-state index is 11.0. The lowest BCUT2D eigenvalue weighted by atomic mass is 10.1. The number of nitrogens with two attached hydrogens (primary N) is 2. The Morgan fingerprint density at radius 2 is 1.88 bits per heavy atom. The van der Waals surface area contributed by atoms with Crippen LogP contribution in [0.15, 0.2) is 30.3 Å². The third-order valence-electron chi connectivity index (χ3n) is 5.25. The minimum Gasteiger partial charge on any atom is -0.378 e. The number of ether oxygens (including phenoxy) is 1. The molecule has 5 N–H and O–H groups in total. The molecule has 3 aromatic rings. The Bertz CT molecular complexity index is 1220. The molecule has 0 aliphatic carbocycles. The molecule has 178 valence electrons. The van der Waals surface area contributed by atoms with Crippen LogP contribution in [-0.2, 0) is 11.2 Å². The van der Waals surface area contributed by atoms with Crippen molar-refractivity contribution in [1.82, 2.24) is 15.0 Å². The van der Waals surface area contributed by atoms with Gasteiger partial charge in [-0.25, -0.2) is 15.0 Å². The predicted octanol–water partition coefficient (Wildman–Crippen LogP) is 3.41. The number of hydrogen-bond acceptors (Lipinski definition) is 10. The molecule has 1 aromatic carbocycles. The minimum atomic E-state index is -0.576. The Morgan fingerprint density at radius 3 is 2.56 bits per heavy atom. The van der Waals surface area contributed by atoms with Crippen molar-refractivity contribution in [1.29, 1.82) is 0 Å². The van der Waals surface area contributed by atoms with Crippen molar-refractivity contribution in [3.8, 4) is 11.3 Å². The van der Waals surface area contributed by atoms with Crippen LogP contribution in [0.3, 0.4) is 0 Å². The zero-order valence-corrected chi connectivity index (χ0v) is 19.5. The predicted molar refractivity (Wildman–Crippen MR) is 132 cm³/mol. The van der Waals surface area contributed by atoms with Gasteiger partial charge in [0.1, 0.15) is 11.5 Å². The second-order valence-corrected chi connectivity index (χ2v) is 8.33. The summed E-state index contributed by atoms with van der Waals surface area (Å²) in [6, 6.07) is 8.03. The first kappa shape index (κ1) is 23.7. The van der Waals surface area contributed by atoms with Crippen molar-refractivity contribution < 1.29 is 9.66 Å². The van der Waals surface area contributed by atoms with Crippen LogP contribution in [0.1, 0.15) is 5.69 Å². The first-order valence-corrected chi connectivity index (χ1v) is 11.2. The minimum absolute atomic E-state index is 0.116. The van der Waals surface area contributed by atoms with Crippen LogP contribution in [0.5, 0.6) is 0 Å². The molecule has 0 bridgehead atoms. The van der Waals surface area contributed by atoms with Gasteiger partial charge in [0.05, 0.1) is 34.5 Å². The summed E-state index contributed by atoms with van der Waals surface area (Å²) in [6.07, 6.45) is 0.468. The van der Waals surface area contributed by atoms with Crippen molar-refractivity contribution in [2.45, 2.75) is 6.42 Å². The van der Waals surface area contributed by atoms with Crippen LogP contribution in [0.4, 0.5) is 29.0 Å². The highest BCUT2D eigenvalue weighted by Gasteiger charge is 2.24. The highest BCUT2D eigenvalue weighted by Crippen LogP contribution is 2.38. The fourth-order valence-corrected chi connectivity index (χ4v) is 4.21. The number of nitrogens with zero attached hydrogens (tertiary/aromatic N) is 5. The van der Waals surface area contributed by atoms with Crippen LogP contribution in [0.2, 0.25) is 10.0 Å². The van der Waals surface area contributed by atoms with Crippen molar-refractivity contribution >= 4 is 52.2 Å². The van der Waals surface area contributed by atoms with Gasteiger partial charge in [-0.15, -0.1) is 0 Å². The summed E-state index contributed by atoms with van der Waals surface area (Å²) in [7, 11) is 0. The van der Waals surface area contributed by atoms with E-state index >= 15 is 0 Å². The van der Waals surface area contributed by atoms with Crippen molar-refractivity contribution in [3.63, 3.8) is 0 Å². The lowest BCUT2D eigenvalue weighted by Crippen LogP contribution is -2.37. The molecule has 13 heteroatoms. The standard InChI is InChI=1S/C21H22Cl2N8O3/c22-12-1-2-13(14(23)11-12)18-19(30-7-9-34-10-8-30)15(27-21(25)29-18)5-6-26-17-4-3-16(31(32)33)20(24)28-17/h1-4,11H,5-10H2,(H3,24,26,28)(H2,25,27,29). The van der Waals surface area contributed by atoms with Gasteiger partial charge in [-0.3, -0.25) is 10.1 Å². The van der Waals surface area contributed by atoms with E-state index in [1.165, 1.54) is 12.1 Å². The van der Waals surface area contributed by atoms with Gasteiger partial charge in [-0.2, -0.15) is 0 Å². The van der Waals surface area contributed by atoms with E-state index in [9.17, 15) is 10.1 Å². The zero-order valence-electron chi connectivity index (χ0n) is 18.0. The summed E-state index contributed by atoms with van der Waals surface area (Å²) >= 11 is 12.6. The van der Waals surface area contributed by atoms with E-state index in [4.69, 9.17) is 39.4 Å². The molecule has 0 unspecified atom stereocenters. The normalized spacial score (nSPS) is 13.6. The van der Waals surface area contributed by atoms with E-state index in [0.29, 0.717) is 66.4 Å². The maximum Gasteiger partial charge on any atom is 0.311 e. The van der Waals surface area contributed by atoms with Crippen LogP contribution in [0, 0.1) is 10.1 Å². The van der Waals surface area contributed by atoms with Crippen LogP contribution < -0.4 is 21.7 Å². The monoisotopic (exact) mass is 504 g/mol. The molecule has 2 aromatic heterocycles. The Labute approximate surface area is 205 Å². The Kier molecular flexibility index (Phi) is 7.15.